The standard InChI is InChI=1S/C30H22O2/c1-17-11-13-21-25(15-17)29(31)23-9-5-3-7-19(23)27(21)28-20-8-4-6-10-24(20)30(32)26-16-18(2)12-14-22(26)28/h3-16,27-28H,1-2H3/t27-,28-/m0/s1. The molecule has 2 atom stereocenters. The van der Waals surface area contributed by atoms with Crippen molar-refractivity contribution in [3.05, 3.63) is 141 Å². The summed E-state index contributed by atoms with van der Waals surface area (Å²) in [7, 11) is 0. The summed E-state index contributed by atoms with van der Waals surface area (Å²) < 4.78 is 0. The quantitative estimate of drug-likeness (QED) is 0.363. The van der Waals surface area contributed by atoms with Gasteiger partial charge in [0.05, 0.1) is 0 Å². The van der Waals surface area contributed by atoms with Gasteiger partial charge in [0, 0.05) is 34.1 Å². The highest BCUT2D eigenvalue weighted by Gasteiger charge is 2.41. The van der Waals surface area contributed by atoms with Gasteiger partial charge in [-0.1, -0.05) is 83.9 Å². The van der Waals surface area contributed by atoms with Crippen LogP contribution in [0.1, 0.15) is 77.1 Å². The lowest BCUT2D eigenvalue weighted by atomic mass is 9.64. The molecular weight excluding hydrogens is 392 g/mol. The minimum atomic E-state index is -0.0461. The summed E-state index contributed by atoms with van der Waals surface area (Å²) in [5.74, 6) is 0.0742. The molecule has 0 spiro atoms. The molecule has 0 aromatic heterocycles. The lowest BCUT2D eigenvalue weighted by Gasteiger charge is -2.38. The van der Waals surface area contributed by atoms with Crippen LogP contribution in [0.3, 0.4) is 0 Å². The Morgan fingerprint density at radius 2 is 0.844 bits per heavy atom. The number of carbonyl (C=O) groups is 2. The molecule has 0 heterocycles. The first-order chi connectivity index (χ1) is 15.5. The summed E-state index contributed by atoms with van der Waals surface area (Å²) >= 11 is 0. The largest absolute Gasteiger partial charge is 0.289 e. The first-order valence-corrected chi connectivity index (χ1v) is 11.0. The van der Waals surface area contributed by atoms with Gasteiger partial charge in [0.2, 0.25) is 0 Å². The van der Waals surface area contributed by atoms with Crippen LogP contribution in [0.4, 0.5) is 0 Å². The van der Waals surface area contributed by atoms with Crippen LogP contribution in [0, 0.1) is 13.8 Å². The molecule has 2 aliphatic carbocycles. The molecule has 0 fully saturated rings. The monoisotopic (exact) mass is 414 g/mol. The summed E-state index contributed by atoms with van der Waals surface area (Å²) in [5, 5.41) is 0. The van der Waals surface area contributed by atoms with Crippen molar-refractivity contribution in [3.8, 4) is 0 Å². The van der Waals surface area contributed by atoms with Crippen LogP contribution in [0.5, 0.6) is 0 Å². The van der Waals surface area contributed by atoms with Gasteiger partial charge < -0.3 is 0 Å². The van der Waals surface area contributed by atoms with Gasteiger partial charge in [-0.2, -0.15) is 0 Å². The average molecular weight is 415 g/mol. The fraction of sp³-hybridized carbons (Fsp3) is 0.133. The van der Waals surface area contributed by atoms with Crippen LogP contribution in [0.15, 0.2) is 84.9 Å². The van der Waals surface area contributed by atoms with E-state index in [1.165, 1.54) is 0 Å². The van der Waals surface area contributed by atoms with Crippen molar-refractivity contribution >= 4 is 11.6 Å². The minimum Gasteiger partial charge on any atom is -0.289 e. The number of benzene rings is 4. The summed E-state index contributed by atoms with van der Waals surface area (Å²) in [6.07, 6.45) is 0. The molecule has 0 unspecified atom stereocenters. The van der Waals surface area contributed by atoms with E-state index in [9.17, 15) is 9.59 Å². The maximum absolute atomic E-state index is 13.4. The van der Waals surface area contributed by atoms with Crippen molar-refractivity contribution in [1.82, 2.24) is 0 Å². The Morgan fingerprint density at radius 1 is 0.469 bits per heavy atom. The zero-order chi connectivity index (χ0) is 22.0. The fourth-order valence-electron chi connectivity index (χ4n) is 5.57. The van der Waals surface area contributed by atoms with Crippen LogP contribution in [-0.2, 0) is 0 Å². The Bertz CT molecular complexity index is 1330. The third-order valence-corrected chi connectivity index (χ3v) is 6.99. The fourth-order valence-corrected chi connectivity index (χ4v) is 5.57. The second kappa shape index (κ2) is 6.86. The van der Waals surface area contributed by atoms with Gasteiger partial charge in [0.25, 0.3) is 0 Å². The summed E-state index contributed by atoms with van der Waals surface area (Å²) in [4.78, 5) is 26.8. The maximum Gasteiger partial charge on any atom is 0.193 e. The number of ketones is 2. The highest BCUT2D eigenvalue weighted by molar-refractivity contribution is 6.14. The molecule has 2 heteroatoms. The van der Waals surface area contributed by atoms with Crippen molar-refractivity contribution in [2.75, 3.05) is 0 Å². The number of carbonyl (C=O) groups excluding carboxylic acids is 2. The lowest BCUT2D eigenvalue weighted by Crippen LogP contribution is -2.29. The molecule has 0 radical (unpaired) electrons. The molecule has 0 N–H and O–H groups in total. The summed E-state index contributed by atoms with van der Waals surface area (Å²) in [6, 6.07) is 28.3. The van der Waals surface area contributed by atoms with Crippen molar-refractivity contribution in [3.63, 3.8) is 0 Å². The van der Waals surface area contributed by atoms with E-state index >= 15 is 0 Å². The Labute approximate surface area is 187 Å². The van der Waals surface area contributed by atoms with Gasteiger partial charge in [-0.25, -0.2) is 0 Å². The van der Waals surface area contributed by atoms with E-state index in [1.807, 2.05) is 62.4 Å². The van der Waals surface area contributed by atoms with Crippen molar-refractivity contribution < 1.29 is 9.59 Å². The predicted molar refractivity (Wildman–Crippen MR) is 126 cm³/mol. The van der Waals surface area contributed by atoms with E-state index in [2.05, 4.69) is 36.4 Å². The highest BCUT2D eigenvalue weighted by atomic mass is 16.1. The number of fused-ring (bicyclic) bond motifs is 4. The van der Waals surface area contributed by atoms with Crippen LogP contribution in [0.25, 0.3) is 0 Å². The minimum absolute atomic E-state index is 0.0461. The maximum atomic E-state index is 13.4. The average Bonchev–Trinajstić information content (AvgIpc) is 2.81. The van der Waals surface area contributed by atoms with E-state index in [-0.39, 0.29) is 23.4 Å². The Morgan fingerprint density at radius 3 is 1.28 bits per heavy atom. The first-order valence-electron chi connectivity index (χ1n) is 11.0. The number of hydrogen-bond donors (Lipinski definition) is 0. The molecule has 0 aliphatic heterocycles. The molecule has 0 saturated carbocycles. The molecule has 32 heavy (non-hydrogen) atoms. The number of hydrogen-bond acceptors (Lipinski definition) is 2. The van der Waals surface area contributed by atoms with E-state index in [4.69, 9.17) is 0 Å². The lowest BCUT2D eigenvalue weighted by molar-refractivity contribution is 0.102. The van der Waals surface area contributed by atoms with E-state index in [0.29, 0.717) is 0 Å². The predicted octanol–water partition coefficient (Wildman–Crippen LogP) is 6.36. The Kier molecular flexibility index (Phi) is 4.06. The Hall–Kier alpha value is -3.78. The second-order valence-electron chi connectivity index (χ2n) is 8.97. The van der Waals surface area contributed by atoms with Gasteiger partial charge in [-0.3, -0.25) is 9.59 Å². The molecule has 4 aromatic carbocycles. The van der Waals surface area contributed by atoms with Gasteiger partial charge in [-0.05, 0) is 48.2 Å². The molecule has 4 aromatic rings. The molecule has 0 bridgehead atoms. The smallest absolute Gasteiger partial charge is 0.193 e. The number of aryl methyl sites for hydroxylation is 2. The van der Waals surface area contributed by atoms with Crippen LogP contribution < -0.4 is 0 Å². The molecule has 0 amide bonds. The Balaban J connectivity index is 1.70. The van der Waals surface area contributed by atoms with Crippen molar-refractivity contribution in [1.29, 1.82) is 0 Å². The third kappa shape index (κ3) is 2.59. The third-order valence-electron chi connectivity index (χ3n) is 6.99. The van der Waals surface area contributed by atoms with Crippen LogP contribution >= 0.6 is 0 Å². The molecular formula is C30H22O2. The molecule has 2 aliphatic rings. The number of rotatable bonds is 1. The SMILES string of the molecule is Cc1ccc2c(c1)C(=O)c1ccccc1[C@@H]2[C@H]1c2ccccc2C(=O)c2cc(C)ccc21. The van der Waals surface area contributed by atoms with Crippen LogP contribution in [-0.4, -0.2) is 11.6 Å². The molecule has 6 rings (SSSR count). The topological polar surface area (TPSA) is 34.1 Å². The van der Waals surface area contributed by atoms with E-state index < -0.39 is 0 Å². The molecule has 2 nitrogen and oxygen atoms in total. The van der Waals surface area contributed by atoms with Gasteiger partial charge in [-0.15, -0.1) is 0 Å². The zero-order valence-corrected chi connectivity index (χ0v) is 18.1. The summed E-state index contributed by atoms with van der Waals surface area (Å²) in [6.45, 7) is 4.05. The molecule has 0 saturated heterocycles. The normalized spacial score (nSPS) is 18.4. The second-order valence-corrected chi connectivity index (χ2v) is 8.97. The van der Waals surface area contributed by atoms with Crippen molar-refractivity contribution in [2.45, 2.75) is 25.7 Å². The van der Waals surface area contributed by atoms with E-state index in [0.717, 1.165) is 55.6 Å². The van der Waals surface area contributed by atoms with Gasteiger partial charge >= 0.3 is 0 Å². The first kappa shape index (κ1) is 18.9. The molecule has 154 valence electrons. The van der Waals surface area contributed by atoms with Crippen LogP contribution in [0.2, 0.25) is 0 Å². The van der Waals surface area contributed by atoms with Gasteiger partial charge in [0.15, 0.2) is 11.6 Å². The van der Waals surface area contributed by atoms with Crippen molar-refractivity contribution in [2.24, 2.45) is 0 Å². The van der Waals surface area contributed by atoms with Gasteiger partial charge in [0.1, 0.15) is 0 Å². The summed E-state index contributed by atoms with van der Waals surface area (Å²) in [5.41, 5.74) is 9.38. The zero-order valence-electron chi connectivity index (χ0n) is 18.1. The van der Waals surface area contributed by atoms with E-state index in [1.54, 1.807) is 0 Å². The highest BCUT2D eigenvalue weighted by Crippen LogP contribution is 2.51.